The second-order valence-corrected chi connectivity index (χ2v) is 4.20. The van der Waals surface area contributed by atoms with E-state index in [0.29, 0.717) is 0 Å². The Balaban J connectivity index is 2.37. The Bertz CT molecular complexity index is 358. The zero-order chi connectivity index (χ0) is 12.5. The van der Waals surface area contributed by atoms with E-state index < -0.39 is 0 Å². The van der Waals surface area contributed by atoms with E-state index in [1.54, 1.807) is 7.05 Å². The first-order chi connectivity index (χ1) is 8.26. The number of nitrogens with zero attached hydrogens (tertiary/aromatic N) is 1. The summed E-state index contributed by atoms with van der Waals surface area (Å²) in [5, 5.41) is 6.60. The van der Waals surface area contributed by atoms with Crippen LogP contribution < -0.4 is 10.6 Å². The number of hydrogen-bond donors (Lipinski definition) is 2. The van der Waals surface area contributed by atoms with Gasteiger partial charge in [0.15, 0.2) is 5.96 Å². The number of unbranched alkanes of at least 4 members (excludes halogenated alkanes) is 1. The van der Waals surface area contributed by atoms with Gasteiger partial charge in [-0.2, -0.15) is 0 Å². The standard InChI is InChI=1S/C14H23N3/c1-4-5-9-16-14(15-3)17-11-13-8-6-7-12(2)10-13/h6-8,10H,4-5,9,11H2,1-3H3,(H2,15,16,17). The molecule has 0 heterocycles. The molecular weight excluding hydrogens is 210 g/mol. The highest BCUT2D eigenvalue weighted by Crippen LogP contribution is 2.02. The van der Waals surface area contributed by atoms with E-state index in [4.69, 9.17) is 0 Å². The fourth-order valence-corrected chi connectivity index (χ4v) is 1.61. The van der Waals surface area contributed by atoms with Gasteiger partial charge in [-0.15, -0.1) is 0 Å². The molecule has 0 aliphatic heterocycles. The molecule has 0 amide bonds. The van der Waals surface area contributed by atoms with E-state index in [0.717, 1.165) is 19.0 Å². The van der Waals surface area contributed by atoms with Crippen molar-refractivity contribution in [3.63, 3.8) is 0 Å². The molecule has 0 saturated carbocycles. The SMILES string of the molecule is CCCCNC(=NC)NCc1cccc(C)c1. The summed E-state index contributed by atoms with van der Waals surface area (Å²) in [4.78, 5) is 4.19. The number of benzene rings is 1. The minimum Gasteiger partial charge on any atom is -0.356 e. The summed E-state index contributed by atoms with van der Waals surface area (Å²) in [6.45, 7) is 6.08. The predicted molar refractivity (Wildman–Crippen MR) is 74.3 cm³/mol. The van der Waals surface area contributed by atoms with E-state index in [1.807, 2.05) is 0 Å². The number of nitrogens with one attached hydrogen (secondary N) is 2. The fourth-order valence-electron chi connectivity index (χ4n) is 1.61. The smallest absolute Gasteiger partial charge is 0.191 e. The Morgan fingerprint density at radius 2 is 2.12 bits per heavy atom. The predicted octanol–water partition coefficient (Wildman–Crippen LogP) is 2.46. The summed E-state index contributed by atoms with van der Waals surface area (Å²) < 4.78 is 0. The summed E-state index contributed by atoms with van der Waals surface area (Å²) in [5.74, 6) is 0.875. The van der Waals surface area contributed by atoms with E-state index in [2.05, 4.69) is 53.7 Å². The van der Waals surface area contributed by atoms with E-state index in [9.17, 15) is 0 Å². The van der Waals surface area contributed by atoms with Crippen molar-refractivity contribution in [2.24, 2.45) is 4.99 Å². The van der Waals surface area contributed by atoms with Crippen LogP contribution in [-0.4, -0.2) is 19.6 Å². The highest BCUT2D eigenvalue weighted by Gasteiger charge is 1.97. The van der Waals surface area contributed by atoms with Crippen LogP contribution in [0.3, 0.4) is 0 Å². The van der Waals surface area contributed by atoms with Gasteiger partial charge in [0, 0.05) is 20.1 Å². The van der Waals surface area contributed by atoms with Gasteiger partial charge in [-0.05, 0) is 18.9 Å². The number of aryl methyl sites for hydroxylation is 1. The van der Waals surface area contributed by atoms with Crippen molar-refractivity contribution in [3.05, 3.63) is 35.4 Å². The third kappa shape index (κ3) is 5.38. The van der Waals surface area contributed by atoms with Gasteiger partial charge in [-0.25, -0.2) is 0 Å². The number of rotatable bonds is 5. The minimum absolute atomic E-state index is 0.813. The maximum atomic E-state index is 4.19. The normalized spacial score (nSPS) is 11.4. The van der Waals surface area contributed by atoms with Gasteiger partial charge in [-0.3, -0.25) is 4.99 Å². The maximum absolute atomic E-state index is 4.19. The molecule has 17 heavy (non-hydrogen) atoms. The summed E-state index contributed by atoms with van der Waals surface area (Å²) >= 11 is 0. The molecule has 0 unspecified atom stereocenters. The number of hydrogen-bond acceptors (Lipinski definition) is 1. The highest BCUT2D eigenvalue weighted by atomic mass is 15.2. The molecule has 0 atom stereocenters. The lowest BCUT2D eigenvalue weighted by molar-refractivity contribution is 0.728. The molecular formula is C14H23N3. The molecule has 0 saturated heterocycles. The van der Waals surface area contributed by atoms with E-state index >= 15 is 0 Å². The molecule has 0 spiro atoms. The van der Waals surface area contributed by atoms with Crippen LogP contribution >= 0.6 is 0 Å². The minimum atomic E-state index is 0.813. The lowest BCUT2D eigenvalue weighted by Gasteiger charge is -2.11. The summed E-state index contributed by atoms with van der Waals surface area (Å²) in [6.07, 6.45) is 2.37. The third-order valence-corrected chi connectivity index (χ3v) is 2.59. The topological polar surface area (TPSA) is 36.4 Å². The van der Waals surface area contributed by atoms with Gasteiger partial charge in [-0.1, -0.05) is 43.2 Å². The van der Waals surface area contributed by atoms with Gasteiger partial charge < -0.3 is 10.6 Å². The van der Waals surface area contributed by atoms with Crippen molar-refractivity contribution in [1.29, 1.82) is 0 Å². The fraction of sp³-hybridized carbons (Fsp3) is 0.500. The molecule has 1 rings (SSSR count). The zero-order valence-electron chi connectivity index (χ0n) is 11.1. The zero-order valence-corrected chi connectivity index (χ0v) is 11.1. The Labute approximate surface area is 104 Å². The third-order valence-electron chi connectivity index (χ3n) is 2.59. The molecule has 1 aromatic rings. The van der Waals surface area contributed by atoms with Gasteiger partial charge in [0.2, 0.25) is 0 Å². The van der Waals surface area contributed by atoms with Crippen LogP contribution in [0.25, 0.3) is 0 Å². The van der Waals surface area contributed by atoms with Crippen LogP contribution in [0.15, 0.2) is 29.3 Å². The average Bonchev–Trinajstić information content (AvgIpc) is 2.34. The van der Waals surface area contributed by atoms with E-state index in [-0.39, 0.29) is 0 Å². The lowest BCUT2D eigenvalue weighted by Crippen LogP contribution is -2.37. The average molecular weight is 233 g/mol. The van der Waals surface area contributed by atoms with Gasteiger partial charge in [0.05, 0.1) is 0 Å². The van der Waals surface area contributed by atoms with Crippen LogP contribution in [0, 0.1) is 6.92 Å². The molecule has 3 heteroatoms. The Morgan fingerprint density at radius 1 is 1.29 bits per heavy atom. The molecule has 0 fully saturated rings. The second-order valence-electron chi connectivity index (χ2n) is 4.20. The van der Waals surface area contributed by atoms with Crippen LogP contribution in [0.5, 0.6) is 0 Å². The van der Waals surface area contributed by atoms with Gasteiger partial charge in [0.25, 0.3) is 0 Å². The molecule has 94 valence electrons. The molecule has 0 aliphatic rings. The van der Waals surface area contributed by atoms with E-state index in [1.165, 1.54) is 24.0 Å². The van der Waals surface area contributed by atoms with Crippen LogP contribution in [-0.2, 0) is 6.54 Å². The Kier molecular flexibility index (Phi) is 6.15. The molecule has 3 nitrogen and oxygen atoms in total. The molecule has 0 aliphatic carbocycles. The van der Waals surface area contributed by atoms with Gasteiger partial charge in [0.1, 0.15) is 0 Å². The van der Waals surface area contributed by atoms with Crippen molar-refractivity contribution in [2.45, 2.75) is 33.2 Å². The lowest BCUT2D eigenvalue weighted by atomic mass is 10.1. The molecule has 2 N–H and O–H groups in total. The van der Waals surface area contributed by atoms with Crippen molar-refractivity contribution in [2.75, 3.05) is 13.6 Å². The van der Waals surface area contributed by atoms with Crippen molar-refractivity contribution >= 4 is 5.96 Å². The van der Waals surface area contributed by atoms with Crippen LogP contribution in [0.2, 0.25) is 0 Å². The van der Waals surface area contributed by atoms with Crippen LogP contribution in [0.1, 0.15) is 30.9 Å². The molecule has 0 aromatic heterocycles. The largest absolute Gasteiger partial charge is 0.356 e. The molecule has 0 radical (unpaired) electrons. The number of guanidine groups is 1. The quantitative estimate of drug-likeness (QED) is 0.465. The highest BCUT2D eigenvalue weighted by molar-refractivity contribution is 5.79. The maximum Gasteiger partial charge on any atom is 0.191 e. The second kappa shape index (κ2) is 7.71. The summed E-state index contributed by atoms with van der Waals surface area (Å²) in [5.41, 5.74) is 2.57. The number of aliphatic imine (C=N–C) groups is 1. The van der Waals surface area contributed by atoms with Crippen molar-refractivity contribution in [3.8, 4) is 0 Å². The van der Waals surface area contributed by atoms with Crippen molar-refractivity contribution in [1.82, 2.24) is 10.6 Å². The molecule has 0 bridgehead atoms. The summed E-state index contributed by atoms with van der Waals surface area (Å²) in [7, 11) is 1.80. The van der Waals surface area contributed by atoms with Crippen molar-refractivity contribution < 1.29 is 0 Å². The first-order valence-corrected chi connectivity index (χ1v) is 6.26. The molecule has 1 aromatic carbocycles. The Morgan fingerprint density at radius 3 is 2.76 bits per heavy atom. The van der Waals surface area contributed by atoms with Gasteiger partial charge >= 0.3 is 0 Å². The van der Waals surface area contributed by atoms with Crippen LogP contribution in [0.4, 0.5) is 0 Å². The first-order valence-electron chi connectivity index (χ1n) is 6.26. The monoisotopic (exact) mass is 233 g/mol. The summed E-state index contributed by atoms with van der Waals surface area (Å²) in [6, 6.07) is 8.50. The Hall–Kier alpha value is -1.51. The first kappa shape index (κ1) is 13.6.